The molecule has 1 N–H and O–H groups in total. The quantitative estimate of drug-likeness (QED) is 0.470. The second-order valence-electron chi connectivity index (χ2n) is 6.84. The van der Waals surface area contributed by atoms with Gasteiger partial charge in [-0.2, -0.15) is 5.26 Å². The summed E-state index contributed by atoms with van der Waals surface area (Å²) in [5, 5.41) is 20.6. The number of hydrogen-bond acceptors (Lipinski definition) is 6. The Labute approximate surface area is 171 Å². The fraction of sp³-hybridized carbons (Fsp3) is 0.318. The van der Waals surface area contributed by atoms with Crippen LogP contribution in [0.25, 0.3) is 11.0 Å². The van der Waals surface area contributed by atoms with E-state index in [9.17, 15) is 24.3 Å². The Morgan fingerprint density at radius 2 is 2.07 bits per heavy atom. The number of nitriles is 1. The number of aryl methyl sites for hydroxylation is 1. The summed E-state index contributed by atoms with van der Waals surface area (Å²) in [5.74, 6) is -1.78. The molecule has 0 spiro atoms. The van der Waals surface area contributed by atoms with Gasteiger partial charge in [0.05, 0.1) is 5.56 Å². The molecule has 1 aromatic carbocycles. The van der Waals surface area contributed by atoms with E-state index in [4.69, 9.17) is 9.15 Å². The average Bonchev–Trinajstić information content (AvgIpc) is 3.03. The van der Waals surface area contributed by atoms with Gasteiger partial charge in [-0.1, -0.05) is 0 Å². The van der Waals surface area contributed by atoms with Gasteiger partial charge in [0, 0.05) is 30.7 Å². The third-order valence-corrected chi connectivity index (χ3v) is 5.01. The van der Waals surface area contributed by atoms with Gasteiger partial charge in [0.15, 0.2) is 5.76 Å². The number of ether oxygens (including phenoxy) is 1. The Balaban J connectivity index is 2.15. The van der Waals surface area contributed by atoms with Crippen LogP contribution in [-0.2, 0) is 11.3 Å². The maximum atomic E-state index is 13.6. The predicted octanol–water partition coefficient (Wildman–Crippen LogP) is 3.59. The highest BCUT2D eigenvalue weighted by molar-refractivity contribution is 6.12. The number of benzene rings is 1. The topological polar surface area (TPSA) is 105 Å². The normalized spacial score (nSPS) is 11.0. The van der Waals surface area contributed by atoms with Gasteiger partial charge < -0.3 is 14.3 Å². The molecule has 0 fully saturated rings. The van der Waals surface area contributed by atoms with Crippen molar-refractivity contribution in [3.63, 3.8) is 0 Å². The number of hydrogen-bond donors (Lipinski definition) is 1. The Morgan fingerprint density at radius 1 is 1.33 bits per heavy atom. The summed E-state index contributed by atoms with van der Waals surface area (Å²) in [6, 6.07) is 5.71. The lowest BCUT2D eigenvalue weighted by Crippen LogP contribution is -2.27. The van der Waals surface area contributed by atoms with E-state index in [1.54, 1.807) is 6.92 Å². The van der Waals surface area contributed by atoms with Gasteiger partial charge in [-0.05, 0) is 51.0 Å². The number of ketones is 1. The highest BCUT2D eigenvalue weighted by Crippen LogP contribution is 2.31. The zero-order valence-corrected chi connectivity index (χ0v) is 16.9. The van der Waals surface area contributed by atoms with Crippen LogP contribution in [0.15, 0.2) is 27.4 Å². The van der Waals surface area contributed by atoms with Crippen LogP contribution in [0, 0.1) is 31.0 Å². The molecule has 2 heterocycles. The summed E-state index contributed by atoms with van der Waals surface area (Å²) in [4.78, 5) is 25.9. The number of furan rings is 1. The molecule has 2 aromatic heterocycles. The SMILES string of the molecule is CCOCCCn1c(O)c(C(=O)c2oc3ccc(F)cc3c2C)c(C)c(C#N)c1=O. The Hall–Kier alpha value is -3.44. The number of nitrogens with zero attached hydrogens (tertiary/aromatic N) is 2. The van der Waals surface area contributed by atoms with Crippen LogP contribution < -0.4 is 5.56 Å². The molecule has 7 nitrogen and oxygen atoms in total. The Kier molecular flexibility index (Phi) is 6.04. The van der Waals surface area contributed by atoms with Crippen molar-refractivity contribution in [2.45, 2.75) is 33.7 Å². The number of aromatic hydroxyl groups is 1. The molecule has 0 aliphatic heterocycles. The van der Waals surface area contributed by atoms with E-state index < -0.39 is 23.0 Å². The molecule has 8 heteroatoms. The van der Waals surface area contributed by atoms with Crippen molar-refractivity contribution in [2.24, 2.45) is 0 Å². The third-order valence-electron chi connectivity index (χ3n) is 5.01. The van der Waals surface area contributed by atoms with Gasteiger partial charge >= 0.3 is 0 Å². The maximum Gasteiger partial charge on any atom is 0.271 e. The summed E-state index contributed by atoms with van der Waals surface area (Å²) in [7, 11) is 0. The van der Waals surface area contributed by atoms with Gasteiger partial charge in [-0.25, -0.2) is 4.39 Å². The summed E-state index contributed by atoms with van der Waals surface area (Å²) in [6.45, 7) is 5.80. The molecule has 0 unspecified atom stereocenters. The first kappa shape index (κ1) is 21.3. The van der Waals surface area contributed by atoms with Gasteiger partial charge in [0.1, 0.15) is 23.0 Å². The fourth-order valence-corrected chi connectivity index (χ4v) is 3.42. The summed E-state index contributed by atoms with van der Waals surface area (Å²) in [5.41, 5.74) is -0.306. The molecule has 0 amide bonds. The Bertz CT molecular complexity index is 1230. The molecule has 3 rings (SSSR count). The van der Waals surface area contributed by atoms with E-state index in [1.165, 1.54) is 25.1 Å². The minimum Gasteiger partial charge on any atom is -0.494 e. The molecule has 0 atom stereocenters. The van der Waals surface area contributed by atoms with E-state index >= 15 is 0 Å². The van der Waals surface area contributed by atoms with Crippen LogP contribution in [0.5, 0.6) is 5.88 Å². The van der Waals surface area contributed by atoms with E-state index in [0.29, 0.717) is 36.2 Å². The smallest absolute Gasteiger partial charge is 0.271 e. The molecule has 30 heavy (non-hydrogen) atoms. The minimum absolute atomic E-state index is 0.0668. The monoisotopic (exact) mass is 412 g/mol. The number of pyridine rings is 1. The molecule has 0 saturated heterocycles. The second-order valence-corrected chi connectivity index (χ2v) is 6.84. The molecular formula is C22H21FN2O5. The lowest BCUT2D eigenvalue weighted by atomic mass is 9.98. The summed E-state index contributed by atoms with van der Waals surface area (Å²) in [6.07, 6.45) is 0.409. The summed E-state index contributed by atoms with van der Waals surface area (Å²) < 4.78 is 25.5. The standard InChI is InChI=1S/C22H21FN2O5/c1-4-29-9-5-8-25-21(27)16(11-24)12(2)18(22(25)28)19(26)20-13(3)15-10-14(23)6-7-17(15)30-20/h6-7,10,28H,4-5,8-9H2,1-3H3. The van der Waals surface area contributed by atoms with Crippen molar-refractivity contribution in [3.05, 3.63) is 62.4 Å². The van der Waals surface area contributed by atoms with Crippen molar-refractivity contribution < 1.29 is 23.4 Å². The first-order chi connectivity index (χ1) is 14.3. The highest BCUT2D eigenvalue weighted by Gasteiger charge is 2.28. The van der Waals surface area contributed by atoms with E-state index in [-0.39, 0.29) is 29.0 Å². The molecule has 0 bridgehead atoms. The minimum atomic E-state index is -0.686. The van der Waals surface area contributed by atoms with Crippen molar-refractivity contribution in [1.82, 2.24) is 4.57 Å². The van der Waals surface area contributed by atoms with Crippen molar-refractivity contribution in [2.75, 3.05) is 13.2 Å². The maximum absolute atomic E-state index is 13.6. The largest absolute Gasteiger partial charge is 0.494 e. The van der Waals surface area contributed by atoms with E-state index in [2.05, 4.69) is 0 Å². The zero-order valence-electron chi connectivity index (χ0n) is 16.9. The molecule has 3 aromatic rings. The number of carbonyl (C=O) groups excluding carboxylic acids is 1. The number of aromatic nitrogens is 1. The average molecular weight is 412 g/mol. The lowest BCUT2D eigenvalue weighted by Gasteiger charge is -2.15. The van der Waals surface area contributed by atoms with Crippen LogP contribution >= 0.6 is 0 Å². The summed E-state index contributed by atoms with van der Waals surface area (Å²) >= 11 is 0. The molecule has 0 radical (unpaired) electrons. The van der Waals surface area contributed by atoms with Crippen LogP contribution in [0.3, 0.4) is 0 Å². The lowest BCUT2D eigenvalue weighted by molar-refractivity contribution is 0.100. The van der Waals surface area contributed by atoms with Gasteiger partial charge in [0.2, 0.25) is 11.7 Å². The van der Waals surface area contributed by atoms with E-state index in [0.717, 1.165) is 4.57 Å². The first-order valence-electron chi connectivity index (χ1n) is 9.49. The van der Waals surface area contributed by atoms with Crippen LogP contribution in [-0.4, -0.2) is 28.7 Å². The van der Waals surface area contributed by atoms with Crippen molar-refractivity contribution in [3.8, 4) is 11.9 Å². The molecule has 0 aliphatic carbocycles. The number of fused-ring (bicyclic) bond motifs is 1. The van der Waals surface area contributed by atoms with E-state index in [1.807, 2.05) is 13.0 Å². The zero-order chi connectivity index (χ0) is 22.0. The Morgan fingerprint density at radius 3 is 2.73 bits per heavy atom. The van der Waals surface area contributed by atoms with Gasteiger partial charge in [0.25, 0.3) is 5.56 Å². The third kappa shape index (κ3) is 3.60. The van der Waals surface area contributed by atoms with Gasteiger partial charge in [-0.15, -0.1) is 0 Å². The number of rotatable bonds is 7. The van der Waals surface area contributed by atoms with Crippen LogP contribution in [0.2, 0.25) is 0 Å². The van der Waals surface area contributed by atoms with Crippen LogP contribution in [0.1, 0.15) is 46.2 Å². The first-order valence-corrected chi connectivity index (χ1v) is 9.49. The molecule has 156 valence electrons. The second kappa shape index (κ2) is 8.51. The number of carbonyl (C=O) groups is 1. The number of halogens is 1. The van der Waals surface area contributed by atoms with Crippen molar-refractivity contribution >= 4 is 16.8 Å². The molecule has 0 saturated carbocycles. The predicted molar refractivity (Wildman–Crippen MR) is 107 cm³/mol. The van der Waals surface area contributed by atoms with Gasteiger partial charge in [-0.3, -0.25) is 14.2 Å². The molecule has 0 aliphatic rings. The van der Waals surface area contributed by atoms with Crippen LogP contribution in [0.4, 0.5) is 4.39 Å². The highest BCUT2D eigenvalue weighted by atomic mass is 19.1. The van der Waals surface area contributed by atoms with Crippen molar-refractivity contribution in [1.29, 1.82) is 5.26 Å². The molecular weight excluding hydrogens is 391 g/mol. The fourth-order valence-electron chi connectivity index (χ4n) is 3.42.